The van der Waals surface area contributed by atoms with Gasteiger partial charge in [-0.15, -0.1) is 0 Å². The van der Waals surface area contributed by atoms with Crippen LogP contribution in [0.1, 0.15) is 43.6 Å². The molecule has 2 heterocycles. The Labute approximate surface area is 114 Å². The van der Waals surface area contributed by atoms with E-state index in [-0.39, 0.29) is 5.91 Å². The molecule has 0 atom stereocenters. The Morgan fingerprint density at radius 1 is 1.47 bits per heavy atom. The zero-order chi connectivity index (χ0) is 13.9. The molecule has 1 amide bonds. The Bertz CT molecular complexity index is 457. The molecule has 5 heteroatoms. The average Bonchev–Trinajstić information content (AvgIpc) is 2.91. The molecule has 1 aliphatic rings. The molecule has 3 N–H and O–H groups in total. The second kappa shape index (κ2) is 5.57. The van der Waals surface area contributed by atoms with Crippen molar-refractivity contribution in [2.75, 3.05) is 18.5 Å². The summed E-state index contributed by atoms with van der Waals surface area (Å²) in [5.74, 6) is 5.84. The van der Waals surface area contributed by atoms with E-state index in [1.165, 1.54) is 0 Å². The summed E-state index contributed by atoms with van der Waals surface area (Å²) in [5.41, 5.74) is 3.22. The third-order valence-electron chi connectivity index (χ3n) is 4.34. The smallest absolute Gasteiger partial charge is 0.272 e. The first-order valence-electron chi connectivity index (χ1n) is 6.87. The van der Waals surface area contributed by atoms with Gasteiger partial charge in [-0.2, -0.15) is 0 Å². The lowest BCUT2D eigenvalue weighted by Gasteiger charge is -2.26. The maximum absolute atomic E-state index is 12.4. The summed E-state index contributed by atoms with van der Waals surface area (Å²) in [5, 5.41) is 0. The summed E-state index contributed by atoms with van der Waals surface area (Å²) in [6.45, 7) is 6.06. The summed E-state index contributed by atoms with van der Waals surface area (Å²) in [6, 6.07) is 5.27. The normalized spacial score (nSPS) is 17.5. The van der Waals surface area contributed by atoms with Crippen LogP contribution in [0, 0.1) is 5.41 Å². The summed E-state index contributed by atoms with van der Waals surface area (Å²) in [7, 11) is 0. The number of rotatable bonds is 4. The van der Waals surface area contributed by atoms with Crippen molar-refractivity contribution < 1.29 is 4.79 Å². The number of aromatic nitrogens is 1. The average molecular weight is 262 g/mol. The third kappa shape index (κ3) is 2.71. The lowest BCUT2D eigenvalue weighted by atomic mass is 9.82. The van der Waals surface area contributed by atoms with Crippen LogP contribution >= 0.6 is 0 Å². The van der Waals surface area contributed by atoms with Crippen LogP contribution in [0.5, 0.6) is 0 Å². The molecular formula is C14H22N4O. The Morgan fingerprint density at radius 2 is 2.21 bits per heavy atom. The molecule has 2 rings (SSSR count). The number of likely N-dealkylation sites (tertiary alicyclic amines) is 1. The largest absolute Gasteiger partial charge is 0.337 e. The zero-order valence-electron chi connectivity index (χ0n) is 11.6. The Kier molecular flexibility index (Phi) is 4.04. The molecule has 0 unspecified atom stereocenters. The third-order valence-corrected chi connectivity index (χ3v) is 4.34. The first kappa shape index (κ1) is 13.8. The highest BCUT2D eigenvalue weighted by molar-refractivity contribution is 5.92. The van der Waals surface area contributed by atoms with Crippen molar-refractivity contribution in [2.24, 2.45) is 11.3 Å². The molecule has 0 aromatic carbocycles. The van der Waals surface area contributed by atoms with Crippen molar-refractivity contribution >= 4 is 11.7 Å². The second-order valence-corrected chi connectivity index (χ2v) is 5.24. The van der Waals surface area contributed by atoms with Crippen molar-refractivity contribution in [3.05, 3.63) is 23.9 Å². The number of hydrazine groups is 1. The van der Waals surface area contributed by atoms with Crippen molar-refractivity contribution in [1.29, 1.82) is 0 Å². The molecule has 0 aliphatic carbocycles. The fourth-order valence-corrected chi connectivity index (χ4v) is 2.73. The first-order chi connectivity index (χ1) is 9.14. The highest BCUT2D eigenvalue weighted by Gasteiger charge is 2.37. The van der Waals surface area contributed by atoms with Gasteiger partial charge < -0.3 is 10.3 Å². The molecule has 19 heavy (non-hydrogen) atoms. The Hall–Kier alpha value is -1.62. The summed E-state index contributed by atoms with van der Waals surface area (Å²) in [6.07, 6.45) is 3.32. The highest BCUT2D eigenvalue weighted by Crippen LogP contribution is 2.37. The van der Waals surface area contributed by atoms with E-state index in [0.717, 1.165) is 32.4 Å². The van der Waals surface area contributed by atoms with Crippen LogP contribution in [0.4, 0.5) is 5.82 Å². The number of hydrogen-bond acceptors (Lipinski definition) is 4. The van der Waals surface area contributed by atoms with Gasteiger partial charge >= 0.3 is 0 Å². The van der Waals surface area contributed by atoms with Gasteiger partial charge in [0.15, 0.2) is 0 Å². The SMILES string of the molecule is CCC1(CC)CCN(C(=O)c2cccc(NN)n2)C1. The van der Waals surface area contributed by atoms with Crippen molar-refractivity contribution in [3.8, 4) is 0 Å². The highest BCUT2D eigenvalue weighted by atomic mass is 16.2. The molecule has 1 saturated heterocycles. The van der Waals surface area contributed by atoms with E-state index in [4.69, 9.17) is 5.84 Å². The Balaban J connectivity index is 2.13. The molecule has 5 nitrogen and oxygen atoms in total. The molecule has 104 valence electrons. The van der Waals surface area contributed by atoms with Gasteiger partial charge in [-0.25, -0.2) is 10.8 Å². The van der Waals surface area contributed by atoms with E-state index < -0.39 is 0 Å². The molecular weight excluding hydrogens is 240 g/mol. The van der Waals surface area contributed by atoms with E-state index in [1.807, 2.05) is 4.90 Å². The van der Waals surface area contributed by atoms with E-state index in [0.29, 0.717) is 16.9 Å². The second-order valence-electron chi connectivity index (χ2n) is 5.24. The number of nitrogens with zero attached hydrogens (tertiary/aromatic N) is 2. The van der Waals surface area contributed by atoms with E-state index >= 15 is 0 Å². The molecule has 0 saturated carbocycles. The van der Waals surface area contributed by atoms with Crippen LogP contribution in [0.3, 0.4) is 0 Å². The number of nitrogen functional groups attached to an aromatic ring is 1. The molecule has 1 aromatic heterocycles. The number of hydrogen-bond donors (Lipinski definition) is 2. The van der Waals surface area contributed by atoms with Crippen LogP contribution in [0.25, 0.3) is 0 Å². The number of carbonyl (C=O) groups is 1. The fourth-order valence-electron chi connectivity index (χ4n) is 2.73. The van der Waals surface area contributed by atoms with Gasteiger partial charge in [-0.3, -0.25) is 4.79 Å². The fraction of sp³-hybridized carbons (Fsp3) is 0.571. The van der Waals surface area contributed by atoms with Crippen LogP contribution < -0.4 is 11.3 Å². The lowest BCUT2D eigenvalue weighted by molar-refractivity contribution is 0.0764. The number of carbonyl (C=O) groups excluding carboxylic acids is 1. The van der Waals surface area contributed by atoms with Gasteiger partial charge in [0.1, 0.15) is 11.5 Å². The van der Waals surface area contributed by atoms with E-state index in [1.54, 1.807) is 18.2 Å². The number of nitrogens with two attached hydrogens (primary N) is 1. The topological polar surface area (TPSA) is 71.2 Å². The van der Waals surface area contributed by atoms with Crippen molar-refractivity contribution in [2.45, 2.75) is 33.1 Å². The number of amides is 1. The predicted octanol–water partition coefficient (Wildman–Crippen LogP) is 2.02. The summed E-state index contributed by atoms with van der Waals surface area (Å²) >= 11 is 0. The van der Waals surface area contributed by atoms with Gasteiger partial charge in [0, 0.05) is 13.1 Å². The van der Waals surface area contributed by atoms with Gasteiger partial charge in [0.05, 0.1) is 0 Å². The maximum Gasteiger partial charge on any atom is 0.272 e. The van der Waals surface area contributed by atoms with Crippen molar-refractivity contribution in [3.63, 3.8) is 0 Å². The minimum absolute atomic E-state index is 0.000810. The summed E-state index contributed by atoms with van der Waals surface area (Å²) in [4.78, 5) is 18.5. The van der Waals surface area contributed by atoms with Crippen molar-refractivity contribution in [1.82, 2.24) is 9.88 Å². The first-order valence-corrected chi connectivity index (χ1v) is 6.87. The maximum atomic E-state index is 12.4. The number of pyridine rings is 1. The van der Waals surface area contributed by atoms with Gasteiger partial charge in [-0.05, 0) is 36.8 Å². The predicted molar refractivity (Wildman–Crippen MR) is 75.6 cm³/mol. The molecule has 0 spiro atoms. The molecule has 0 bridgehead atoms. The summed E-state index contributed by atoms with van der Waals surface area (Å²) < 4.78 is 0. The van der Waals surface area contributed by atoms with Crippen LogP contribution in [0.2, 0.25) is 0 Å². The molecule has 1 fully saturated rings. The molecule has 1 aliphatic heterocycles. The van der Waals surface area contributed by atoms with Crippen LogP contribution in [-0.4, -0.2) is 28.9 Å². The van der Waals surface area contributed by atoms with Gasteiger partial charge in [0.25, 0.3) is 5.91 Å². The van der Waals surface area contributed by atoms with Gasteiger partial charge in [-0.1, -0.05) is 19.9 Å². The van der Waals surface area contributed by atoms with Crippen LogP contribution in [0.15, 0.2) is 18.2 Å². The zero-order valence-corrected chi connectivity index (χ0v) is 11.6. The van der Waals surface area contributed by atoms with Gasteiger partial charge in [0.2, 0.25) is 0 Å². The molecule has 0 radical (unpaired) electrons. The number of anilines is 1. The molecule has 1 aromatic rings. The van der Waals surface area contributed by atoms with Crippen LogP contribution in [-0.2, 0) is 0 Å². The lowest BCUT2D eigenvalue weighted by Crippen LogP contribution is -2.32. The monoisotopic (exact) mass is 262 g/mol. The van der Waals surface area contributed by atoms with E-state index in [9.17, 15) is 4.79 Å². The minimum atomic E-state index is 0.000810. The van der Waals surface area contributed by atoms with E-state index in [2.05, 4.69) is 24.3 Å². The standard InChI is InChI=1S/C14H22N4O/c1-3-14(4-2)8-9-18(10-14)13(19)11-6-5-7-12(16-11)17-15/h5-7H,3-4,8-10,15H2,1-2H3,(H,16,17). The number of nitrogens with one attached hydrogen (secondary N) is 1. The minimum Gasteiger partial charge on any atom is -0.337 e. The Morgan fingerprint density at radius 3 is 2.79 bits per heavy atom. The quantitative estimate of drug-likeness (QED) is 0.643.